The van der Waals surface area contributed by atoms with Gasteiger partial charge in [0.25, 0.3) is 5.91 Å². The van der Waals surface area contributed by atoms with Gasteiger partial charge < -0.3 is 19.9 Å². The lowest BCUT2D eigenvalue weighted by molar-refractivity contribution is -0.129. The Morgan fingerprint density at radius 3 is 3.07 bits per heavy atom. The van der Waals surface area contributed by atoms with Crippen LogP contribution in [0.3, 0.4) is 0 Å². The molecule has 3 heterocycles. The SMILES string of the molecule is N#C[C@@H]1CSCN1C(=O)CNC(=O)c1ccnc2ccc(N3CCCOC3)cc12. The maximum atomic E-state index is 12.8. The normalized spacial score (nSPS) is 19.2. The summed E-state index contributed by atoms with van der Waals surface area (Å²) in [5.41, 5.74) is 2.16. The van der Waals surface area contributed by atoms with Crippen LogP contribution in [0.2, 0.25) is 0 Å². The Labute approximate surface area is 172 Å². The molecular formula is C20H21N5O3S. The summed E-state index contributed by atoms with van der Waals surface area (Å²) >= 11 is 1.54. The molecule has 2 aliphatic rings. The van der Waals surface area contributed by atoms with Crippen LogP contribution in [-0.4, -0.2) is 65.8 Å². The predicted molar refractivity (Wildman–Crippen MR) is 110 cm³/mol. The molecule has 0 unspecified atom stereocenters. The summed E-state index contributed by atoms with van der Waals surface area (Å²) in [6.45, 7) is 2.04. The summed E-state index contributed by atoms with van der Waals surface area (Å²) in [4.78, 5) is 33.2. The second-order valence-electron chi connectivity index (χ2n) is 6.91. The van der Waals surface area contributed by atoms with Crippen LogP contribution in [0.15, 0.2) is 30.5 Å². The topological polar surface area (TPSA) is 98.6 Å². The number of nitriles is 1. The zero-order valence-corrected chi connectivity index (χ0v) is 16.7. The van der Waals surface area contributed by atoms with Gasteiger partial charge in [-0.2, -0.15) is 5.26 Å². The molecule has 0 saturated carbocycles. The lowest BCUT2D eigenvalue weighted by Gasteiger charge is -2.29. The Bertz CT molecular complexity index is 970. The van der Waals surface area contributed by atoms with E-state index in [1.54, 1.807) is 12.3 Å². The molecule has 2 amide bonds. The van der Waals surface area contributed by atoms with Gasteiger partial charge >= 0.3 is 0 Å². The Kier molecular flexibility index (Phi) is 5.83. The summed E-state index contributed by atoms with van der Waals surface area (Å²) in [7, 11) is 0. The van der Waals surface area contributed by atoms with Crippen molar-refractivity contribution in [2.75, 3.05) is 43.0 Å². The maximum absolute atomic E-state index is 12.8. The zero-order chi connectivity index (χ0) is 20.2. The van der Waals surface area contributed by atoms with E-state index in [9.17, 15) is 9.59 Å². The third-order valence-electron chi connectivity index (χ3n) is 5.05. The fourth-order valence-corrected chi connectivity index (χ4v) is 4.58. The Morgan fingerprint density at radius 2 is 2.28 bits per heavy atom. The fourth-order valence-electron chi connectivity index (χ4n) is 3.48. The molecule has 0 spiro atoms. The molecule has 8 nitrogen and oxygen atoms in total. The van der Waals surface area contributed by atoms with E-state index in [2.05, 4.69) is 21.3 Å². The van der Waals surface area contributed by atoms with E-state index in [1.165, 1.54) is 16.7 Å². The number of anilines is 1. The molecule has 29 heavy (non-hydrogen) atoms. The van der Waals surface area contributed by atoms with Crippen molar-refractivity contribution in [1.82, 2.24) is 15.2 Å². The number of aromatic nitrogens is 1. The number of thioether (sulfide) groups is 1. The van der Waals surface area contributed by atoms with E-state index in [1.807, 2.05) is 18.2 Å². The number of fused-ring (bicyclic) bond motifs is 1. The minimum Gasteiger partial charge on any atom is -0.361 e. The highest BCUT2D eigenvalue weighted by atomic mass is 32.2. The van der Waals surface area contributed by atoms with Crippen molar-refractivity contribution < 1.29 is 14.3 Å². The molecular weight excluding hydrogens is 390 g/mol. The minimum absolute atomic E-state index is 0.138. The lowest BCUT2D eigenvalue weighted by atomic mass is 10.1. The minimum atomic E-state index is -0.430. The number of nitrogens with zero attached hydrogens (tertiary/aromatic N) is 4. The summed E-state index contributed by atoms with van der Waals surface area (Å²) in [6.07, 6.45) is 2.55. The molecule has 150 valence electrons. The second-order valence-corrected chi connectivity index (χ2v) is 7.91. The van der Waals surface area contributed by atoms with Crippen molar-refractivity contribution in [2.24, 2.45) is 0 Å². The van der Waals surface area contributed by atoms with Crippen LogP contribution in [0, 0.1) is 11.3 Å². The molecule has 9 heteroatoms. The summed E-state index contributed by atoms with van der Waals surface area (Å²) in [5.74, 6) is 0.498. The average Bonchev–Trinajstić information content (AvgIpc) is 3.26. The van der Waals surface area contributed by atoms with Crippen molar-refractivity contribution in [3.05, 3.63) is 36.0 Å². The standard InChI is InChI=1S/C20H21N5O3S/c21-9-15-11-29-13-25(15)19(26)10-23-20(27)16-4-5-22-18-3-2-14(8-17(16)18)24-6-1-7-28-12-24/h2-5,8,15H,1,6-7,10-13H2,(H,23,27)/t15-/m1/s1. The van der Waals surface area contributed by atoms with Gasteiger partial charge in [0.15, 0.2) is 0 Å². The van der Waals surface area contributed by atoms with Crippen LogP contribution in [0.5, 0.6) is 0 Å². The molecule has 2 aromatic rings. The Hall–Kier alpha value is -2.83. The van der Waals surface area contributed by atoms with Crippen LogP contribution in [0.4, 0.5) is 5.69 Å². The Morgan fingerprint density at radius 1 is 1.38 bits per heavy atom. The first kappa shape index (κ1) is 19.5. The van der Waals surface area contributed by atoms with Crippen LogP contribution < -0.4 is 10.2 Å². The first-order valence-electron chi connectivity index (χ1n) is 9.44. The molecule has 4 rings (SSSR count). The van der Waals surface area contributed by atoms with Crippen molar-refractivity contribution >= 4 is 40.2 Å². The number of ether oxygens (including phenoxy) is 1. The van der Waals surface area contributed by atoms with Gasteiger partial charge in [0.1, 0.15) is 12.8 Å². The molecule has 2 aliphatic heterocycles. The average molecular weight is 411 g/mol. The molecule has 0 radical (unpaired) electrons. The van der Waals surface area contributed by atoms with Crippen LogP contribution in [0.25, 0.3) is 10.9 Å². The highest BCUT2D eigenvalue weighted by molar-refractivity contribution is 7.99. The first-order valence-corrected chi connectivity index (χ1v) is 10.6. The van der Waals surface area contributed by atoms with Crippen LogP contribution in [0.1, 0.15) is 16.8 Å². The summed E-state index contributed by atoms with van der Waals surface area (Å²) in [5, 5.41) is 12.6. The van der Waals surface area contributed by atoms with Gasteiger partial charge in [-0.05, 0) is 30.7 Å². The number of carbonyl (C=O) groups is 2. The van der Waals surface area contributed by atoms with E-state index >= 15 is 0 Å². The van der Waals surface area contributed by atoms with Gasteiger partial charge in [-0.3, -0.25) is 14.6 Å². The summed E-state index contributed by atoms with van der Waals surface area (Å²) in [6, 6.07) is 9.15. The molecule has 1 aromatic heterocycles. The highest BCUT2D eigenvalue weighted by Crippen LogP contribution is 2.25. The number of hydrogen-bond acceptors (Lipinski definition) is 7. The lowest BCUT2D eigenvalue weighted by Crippen LogP contribution is -2.42. The van der Waals surface area contributed by atoms with E-state index < -0.39 is 6.04 Å². The summed E-state index contributed by atoms with van der Waals surface area (Å²) < 4.78 is 5.52. The number of carbonyl (C=O) groups excluding carboxylic acids is 2. The molecule has 1 atom stereocenters. The maximum Gasteiger partial charge on any atom is 0.252 e. The first-order chi connectivity index (χ1) is 14.2. The van der Waals surface area contributed by atoms with Crippen molar-refractivity contribution in [3.63, 3.8) is 0 Å². The smallest absolute Gasteiger partial charge is 0.252 e. The van der Waals surface area contributed by atoms with Crippen LogP contribution >= 0.6 is 11.8 Å². The van der Waals surface area contributed by atoms with E-state index in [-0.39, 0.29) is 18.4 Å². The van der Waals surface area contributed by atoms with Gasteiger partial charge in [-0.15, -0.1) is 11.8 Å². The molecule has 2 saturated heterocycles. The van der Waals surface area contributed by atoms with Gasteiger partial charge in [0.05, 0.1) is 36.2 Å². The fraction of sp³-hybridized carbons (Fsp3) is 0.400. The number of benzene rings is 1. The van der Waals surface area contributed by atoms with Crippen molar-refractivity contribution in [3.8, 4) is 6.07 Å². The van der Waals surface area contributed by atoms with Crippen molar-refractivity contribution in [1.29, 1.82) is 5.26 Å². The zero-order valence-electron chi connectivity index (χ0n) is 15.8. The van der Waals surface area contributed by atoms with Gasteiger partial charge in [0, 0.05) is 29.6 Å². The number of pyridine rings is 1. The second kappa shape index (κ2) is 8.68. The molecule has 1 N–H and O–H groups in total. The largest absolute Gasteiger partial charge is 0.361 e. The van der Waals surface area contributed by atoms with E-state index in [0.29, 0.717) is 29.4 Å². The van der Waals surface area contributed by atoms with Gasteiger partial charge in [0.2, 0.25) is 5.91 Å². The number of hydrogen-bond donors (Lipinski definition) is 1. The van der Waals surface area contributed by atoms with Crippen LogP contribution in [-0.2, 0) is 9.53 Å². The number of nitrogens with one attached hydrogen (secondary N) is 1. The predicted octanol–water partition coefficient (Wildman–Crippen LogP) is 1.57. The third-order valence-corrected chi connectivity index (χ3v) is 6.06. The van der Waals surface area contributed by atoms with Crippen molar-refractivity contribution in [2.45, 2.75) is 12.5 Å². The Balaban J connectivity index is 1.51. The van der Waals surface area contributed by atoms with E-state index in [4.69, 9.17) is 10.00 Å². The number of amides is 2. The molecule has 2 fully saturated rings. The highest BCUT2D eigenvalue weighted by Gasteiger charge is 2.29. The monoisotopic (exact) mass is 411 g/mol. The van der Waals surface area contributed by atoms with Gasteiger partial charge in [-0.25, -0.2) is 0 Å². The molecule has 0 bridgehead atoms. The molecule has 1 aromatic carbocycles. The molecule has 0 aliphatic carbocycles. The quantitative estimate of drug-likeness (QED) is 0.815. The number of rotatable bonds is 4. The third kappa shape index (κ3) is 4.13. The van der Waals surface area contributed by atoms with Gasteiger partial charge in [-0.1, -0.05) is 0 Å². The van der Waals surface area contributed by atoms with E-state index in [0.717, 1.165) is 30.6 Å².